The summed E-state index contributed by atoms with van der Waals surface area (Å²) in [5.41, 5.74) is 3.62. The maximum absolute atomic E-state index is 11.3. The molecule has 72 valence electrons. The van der Waals surface area contributed by atoms with Crippen LogP contribution in [-0.4, -0.2) is 10.9 Å². The number of benzene rings is 1. The third-order valence-electron chi connectivity index (χ3n) is 2.02. The first-order valence-electron chi connectivity index (χ1n) is 4.00. The number of aromatic nitrogens is 1. The number of fused-ring (bicyclic) bond motifs is 1. The number of carbonyl (C=O) groups is 1. The van der Waals surface area contributed by atoms with Crippen LogP contribution >= 0.6 is 22.6 Å². The number of halogens is 1. The molecule has 1 aromatic heterocycles. The lowest BCUT2D eigenvalue weighted by atomic mass is 10.2. The first kappa shape index (κ1) is 9.47. The molecule has 0 saturated carbocycles. The quantitative estimate of drug-likeness (QED) is 0.322. The SMILES string of the molecule is NNC(=O)c1c[nH]c2ccc(I)cc12. The van der Waals surface area contributed by atoms with Gasteiger partial charge in [-0.25, -0.2) is 5.84 Å². The largest absolute Gasteiger partial charge is 0.360 e. The molecule has 0 spiro atoms. The van der Waals surface area contributed by atoms with Crippen molar-refractivity contribution in [1.29, 1.82) is 0 Å². The molecule has 0 aliphatic rings. The van der Waals surface area contributed by atoms with E-state index in [4.69, 9.17) is 5.84 Å². The van der Waals surface area contributed by atoms with Gasteiger partial charge in [0.2, 0.25) is 0 Å². The van der Waals surface area contributed by atoms with Crippen LogP contribution in [0.2, 0.25) is 0 Å². The predicted molar refractivity (Wildman–Crippen MR) is 62.7 cm³/mol. The van der Waals surface area contributed by atoms with Crippen LogP contribution in [0.5, 0.6) is 0 Å². The fraction of sp³-hybridized carbons (Fsp3) is 0. The Labute approximate surface area is 94.0 Å². The van der Waals surface area contributed by atoms with E-state index in [2.05, 4.69) is 33.0 Å². The molecule has 5 heteroatoms. The first-order valence-corrected chi connectivity index (χ1v) is 5.08. The number of nitrogens with one attached hydrogen (secondary N) is 2. The standard InChI is InChI=1S/C9H8IN3O/c10-5-1-2-8-6(3-5)7(4-12-8)9(14)13-11/h1-4,12H,11H2,(H,13,14). The minimum atomic E-state index is -0.279. The molecule has 0 fully saturated rings. The van der Waals surface area contributed by atoms with E-state index in [-0.39, 0.29) is 5.91 Å². The second kappa shape index (κ2) is 3.58. The van der Waals surface area contributed by atoms with Crippen molar-refractivity contribution in [3.05, 3.63) is 33.5 Å². The normalized spacial score (nSPS) is 10.4. The van der Waals surface area contributed by atoms with Crippen molar-refractivity contribution >= 4 is 39.4 Å². The van der Waals surface area contributed by atoms with Gasteiger partial charge in [0.1, 0.15) is 0 Å². The van der Waals surface area contributed by atoms with Gasteiger partial charge in [0.05, 0.1) is 5.56 Å². The van der Waals surface area contributed by atoms with Crippen LogP contribution in [0.25, 0.3) is 10.9 Å². The minimum absolute atomic E-state index is 0.279. The van der Waals surface area contributed by atoms with Crippen molar-refractivity contribution in [3.63, 3.8) is 0 Å². The van der Waals surface area contributed by atoms with Crippen LogP contribution in [0.15, 0.2) is 24.4 Å². The number of nitrogens with two attached hydrogens (primary N) is 1. The molecule has 4 N–H and O–H groups in total. The molecule has 0 bridgehead atoms. The van der Waals surface area contributed by atoms with Gasteiger partial charge in [0.25, 0.3) is 5.91 Å². The average molecular weight is 301 g/mol. The van der Waals surface area contributed by atoms with E-state index < -0.39 is 0 Å². The molecule has 2 rings (SSSR count). The molecule has 14 heavy (non-hydrogen) atoms. The molecule has 0 radical (unpaired) electrons. The fourth-order valence-corrected chi connectivity index (χ4v) is 1.85. The molecule has 1 aromatic carbocycles. The van der Waals surface area contributed by atoms with Gasteiger partial charge in [0.15, 0.2) is 0 Å². The first-order chi connectivity index (χ1) is 6.72. The highest BCUT2D eigenvalue weighted by Gasteiger charge is 2.10. The molecular formula is C9H8IN3O. The molecule has 4 nitrogen and oxygen atoms in total. The van der Waals surface area contributed by atoms with Crippen molar-refractivity contribution in [2.75, 3.05) is 0 Å². The summed E-state index contributed by atoms with van der Waals surface area (Å²) in [4.78, 5) is 14.4. The molecule has 1 amide bonds. The number of aromatic amines is 1. The fourth-order valence-electron chi connectivity index (χ4n) is 1.36. The Morgan fingerprint density at radius 1 is 1.50 bits per heavy atom. The lowest BCUT2D eigenvalue weighted by Crippen LogP contribution is -2.29. The number of hydrazine groups is 1. The van der Waals surface area contributed by atoms with E-state index >= 15 is 0 Å². The Morgan fingerprint density at radius 2 is 2.29 bits per heavy atom. The Kier molecular flexibility index (Phi) is 2.42. The van der Waals surface area contributed by atoms with Crippen LogP contribution in [0.1, 0.15) is 10.4 Å². The highest BCUT2D eigenvalue weighted by molar-refractivity contribution is 14.1. The topological polar surface area (TPSA) is 70.9 Å². The van der Waals surface area contributed by atoms with Gasteiger partial charge in [0, 0.05) is 20.7 Å². The van der Waals surface area contributed by atoms with E-state index in [1.165, 1.54) is 0 Å². The van der Waals surface area contributed by atoms with Crippen LogP contribution in [-0.2, 0) is 0 Å². The van der Waals surface area contributed by atoms with E-state index in [9.17, 15) is 4.79 Å². The number of hydrogen-bond acceptors (Lipinski definition) is 2. The number of rotatable bonds is 1. The smallest absolute Gasteiger partial charge is 0.267 e. The van der Waals surface area contributed by atoms with Crippen LogP contribution in [0, 0.1) is 3.57 Å². The monoisotopic (exact) mass is 301 g/mol. The van der Waals surface area contributed by atoms with Gasteiger partial charge in [-0.15, -0.1) is 0 Å². The zero-order chi connectivity index (χ0) is 10.1. The molecule has 0 aliphatic carbocycles. The third-order valence-corrected chi connectivity index (χ3v) is 2.69. The number of amides is 1. The molecular weight excluding hydrogens is 293 g/mol. The highest BCUT2D eigenvalue weighted by Crippen LogP contribution is 2.20. The second-order valence-corrected chi connectivity index (χ2v) is 4.11. The zero-order valence-corrected chi connectivity index (χ0v) is 9.33. The van der Waals surface area contributed by atoms with Gasteiger partial charge < -0.3 is 4.98 Å². The van der Waals surface area contributed by atoms with E-state index in [0.29, 0.717) is 5.56 Å². The number of H-pyrrole nitrogens is 1. The summed E-state index contributed by atoms with van der Waals surface area (Å²) in [5, 5.41) is 0.889. The maximum atomic E-state index is 11.3. The lowest BCUT2D eigenvalue weighted by Gasteiger charge is -1.97. The zero-order valence-electron chi connectivity index (χ0n) is 7.17. The van der Waals surface area contributed by atoms with Crippen LogP contribution in [0.4, 0.5) is 0 Å². The number of hydrogen-bond donors (Lipinski definition) is 3. The molecule has 0 atom stereocenters. The van der Waals surface area contributed by atoms with Gasteiger partial charge in [-0.1, -0.05) is 0 Å². The van der Waals surface area contributed by atoms with Crippen molar-refractivity contribution in [2.24, 2.45) is 5.84 Å². The summed E-state index contributed by atoms with van der Waals surface area (Å²) in [6, 6.07) is 5.85. The summed E-state index contributed by atoms with van der Waals surface area (Å²) >= 11 is 2.20. The second-order valence-electron chi connectivity index (χ2n) is 2.87. The molecule has 0 aliphatic heterocycles. The van der Waals surface area contributed by atoms with Crippen molar-refractivity contribution in [1.82, 2.24) is 10.4 Å². The number of carbonyl (C=O) groups excluding carboxylic acids is 1. The van der Waals surface area contributed by atoms with Crippen LogP contribution < -0.4 is 11.3 Å². The summed E-state index contributed by atoms with van der Waals surface area (Å²) in [7, 11) is 0. The van der Waals surface area contributed by atoms with Gasteiger partial charge in [-0.05, 0) is 40.8 Å². The maximum Gasteiger partial charge on any atom is 0.267 e. The Bertz CT molecular complexity index is 492. The summed E-state index contributed by atoms with van der Waals surface area (Å²) in [6.45, 7) is 0. The van der Waals surface area contributed by atoms with Crippen LogP contribution in [0.3, 0.4) is 0 Å². The van der Waals surface area contributed by atoms with E-state index in [1.54, 1.807) is 6.20 Å². The van der Waals surface area contributed by atoms with E-state index in [0.717, 1.165) is 14.5 Å². The summed E-state index contributed by atoms with van der Waals surface area (Å²) < 4.78 is 1.08. The number of nitrogen functional groups attached to an aromatic ring is 1. The lowest BCUT2D eigenvalue weighted by molar-refractivity contribution is 0.0955. The Morgan fingerprint density at radius 3 is 3.00 bits per heavy atom. The molecule has 1 heterocycles. The van der Waals surface area contributed by atoms with E-state index in [1.807, 2.05) is 18.2 Å². The Balaban J connectivity index is 2.67. The molecule has 0 unspecified atom stereocenters. The predicted octanol–water partition coefficient (Wildman–Crippen LogP) is 1.38. The van der Waals surface area contributed by atoms with Gasteiger partial charge in [-0.2, -0.15) is 0 Å². The Hall–Kier alpha value is -1.08. The summed E-state index contributed by atoms with van der Waals surface area (Å²) in [5.74, 6) is 4.80. The van der Waals surface area contributed by atoms with Crippen molar-refractivity contribution in [2.45, 2.75) is 0 Å². The minimum Gasteiger partial charge on any atom is -0.360 e. The van der Waals surface area contributed by atoms with Gasteiger partial charge in [-0.3, -0.25) is 10.2 Å². The van der Waals surface area contributed by atoms with Crippen molar-refractivity contribution < 1.29 is 4.79 Å². The third kappa shape index (κ3) is 1.48. The molecule has 2 aromatic rings. The highest BCUT2D eigenvalue weighted by atomic mass is 127. The van der Waals surface area contributed by atoms with Crippen molar-refractivity contribution in [3.8, 4) is 0 Å². The summed E-state index contributed by atoms with van der Waals surface area (Å²) in [6.07, 6.45) is 1.66. The molecule has 0 saturated heterocycles. The van der Waals surface area contributed by atoms with Gasteiger partial charge >= 0.3 is 0 Å². The average Bonchev–Trinajstić information content (AvgIpc) is 2.59.